The van der Waals surface area contributed by atoms with Crippen LogP contribution >= 0.6 is 11.6 Å². The van der Waals surface area contributed by atoms with Gasteiger partial charge in [0.1, 0.15) is 5.69 Å². The molecule has 0 radical (unpaired) electrons. The molecule has 2 fully saturated rings. The molecule has 0 atom stereocenters. The number of hydrogen-bond donors (Lipinski definition) is 0. The molecule has 1 saturated heterocycles. The molecule has 10 heteroatoms. The Hall–Kier alpha value is -2.88. The van der Waals surface area contributed by atoms with Crippen LogP contribution in [0.25, 0.3) is 5.69 Å². The minimum Gasteiger partial charge on any atom is -0.483 e. The van der Waals surface area contributed by atoms with Crippen molar-refractivity contribution in [1.29, 1.82) is 0 Å². The van der Waals surface area contributed by atoms with E-state index in [1.165, 1.54) is 4.68 Å². The van der Waals surface area contributed by atoms with Gasteiger partial charge in [-0.05, 0) is 68.4 Å². The highest BCUT2D eigenvalue weighted by Crippen LogP contribution is 2.30. The molecule has 0 unspecified atom stereocenters. The van der Waals surface area contributed by atoms with Crippen LogP contribution in [-0.4, -0.2) is 60.5 Å². The largest absolute Gasteiger partial charge is 0.483 e. The van der Waals surface area contributed by atoms with Crippen LogP contribution in [0.5, 0.6) is 5.75 Å². The molecule has 2 heterocycles. The molecule has 0 amide bonds. The van der Waals surface area contributed by atoms with Crippen LogP contribution in [0.15, 0.2) is 59.5 Å². The molecule has 5 rings (SSSR count). The van der Waals surface area contributed by atoms with E-state index in [4.69, 9.17) is 16.3 Å². The zero-order valence-electron chi connectivity index (χ0n) is 21.6. The van der Waals surface area contributed by atoms with Crippen LogP contribution < -0.4 is 15.2 Å². The van der Waals surface area contributed by atoms with Crippen molar-refractivity contribution in [2.24, 2.45) is 0 Å². The van der Waals surface area contributed by atoms with Crippen molar-refractivity contribution in [3.63, 3.8) is 0 Å². The predicted molar refractivity (Wildman–Crippen MR) is 150 cm³/mol. The monoisotopic (exact) mass is 556 g/mol. The minimum absolute atomic E-state index is 0.0141. The van der Waals surface area contributed by atoms with Crippen molar-refractivity contribution < 1.29 is 13.2 Å². The number of aryl methyl sites for hydroxylation is 2. The Morgan fingerprint density at radius 3 is 2.47 bits per heavy atom. The van der Waals surface area contributed by atoms with Gasteiger partial charge in [0, 0.05) is 31.2 Å². The standard InChI is InChI=1S/C28H33ClN4O4S/c1-21-7-2-3-8-22(21)13-18-38(35,36)32-16-14-31(15-17-32)26-20-30-33(24-10-6-9-23(29)19-24)28(34)27(26)37-25-11-4-5-12-25/h2-3,6-10,19-20,25H,4-5,11-18H2,1H3. The topological polar surface area (TPSA) is 84.7 Å². The molecular formula is C28H33ClN4O4S. The molecule has 8 nitrogen and oxygen atoms in total. The smallest absolute Gasteiger partial charge is 0.316 e. The molecule has 2 aliphatic rings. The van der Waals surface area contributed by atoms with Gasteiger partial charge in [0.25, 0.3) is 0 Å². The van der Waals surface area contributed by atoms with Gasteiger partial charge in [0.05, 0.1) is 23.7 Å². The van der Waals surface area contributed by atoms with E-state index >= 15 is 0 Å². The van der Waals surface area contributed by atoms with Gasteiger partial charge in [-0.3, -0.25) is 4.79 Å². The molecule has 1 saturated carbocycles. The van der Waals surface area contributed by atoms with E-state index in [0.717, 1.165) is 36.8 Å². The number of nitrogens with zero attached hydrogens (tertiary/aromatic N) is 4. The Morgan fingerprint density at radius 2 is 1.76 bits per heavy atom. The molecule has 38 heavy (non-hydrogen) atoms. The normalized spacial score (nSPS) is 17.2. The van der Waals surface area contributed by atoms with Crippen LogP contribution in [0.3, 0.4) is 0 Å². The fourth-order valence-electron chi connectivity index (χ4n) is 5.20. The van der Waals surface area contributed by atoms with Crippen molar-refractivity contribution in [3.8, 4) is 11.4 Å². The third kappa shape index (κ3) is 5.90. The third-order valence-electron chi connectivity index (χ3n) is 7.42. The summed E-state index contributed by atoms with van der Waals surface area (Å²) in [6, 6.07) is 14.9. The summed E-state index contributed by atoms with van der Waals surface area (Å²) in [6.45, 7) is 3.59. The molecule has 202 valence electrons. The van der Waals surface area contributed by atoms with Crippen LogP contribution in [0, 0.1) is 6.92 Å². The van der Waals surface area contributed by atoms with E-state index < -0.39 is 10.0 Å². The van der Waals surface area contributed by atoms with E-state index in [-0.39, 0.29) is 23.2 Å². The fourth-order valence-corrected chi connectivity index (χ4v) is 6.84. The van der Waals surface area contributed by atoms with Crippen LogP contribution in [0.4, 0.5) is 5.69 Å². The van der Waals surface area contributed by atoms with Crippen LogP contribution in [0.2, 0.25) is 5.02 Å². The molecular weight excluding hydrogens is 524 g/mol. The maximum absolute atomic E-state index is 13.6. The van der Waals surface area contributed by atoms with E-state index in [1.807, 2.05) is 36.1 Å². The van der Waals surface area contributed by atoms with Gasteiger partial charge in [-0.15, -0.1) is 0 Å². The fraction of sp³-hybridized carbons (Fsp3) is 0.429. The van der Waals surface area contributed by atoms with Crippen molar-refractivity contribution in [2.45, 2.75) is 45.1 Å². The first-order valence-corrected chi connectivity index (χ1v) is 15.1. The number of sulfonamides is 1. The maximum atomic E-state index is 13.6. The van der Waals surface area contributed by atoms with Gasteiger partial charge >= 0.3 is 5.56 Å². The summed E-state index contributed by atoms with van der Waals surface area (Å²) in [7, 11) is -3.41. The summed E-state index contributed by atoms with van der Waals surface area (Å²) in [4.78, 5) is 15.6. The third-order valence-corrected chi connectivity index (χ3v) is 9.52. The Labute approximate surface area is 228 Å². The highest BCUT2D eigenvalue weighted by atomic mass is 35.5. The number of aromatic nitrogens is 2. The first kappa shape index (κ1) is 26.7. The number of anilines is 1. The second-order valence-corrected chi connectivity index (χ2v) is 12.5. The molecule has 2 aromatic carbocycles. The van der Waals surface area contributed by atoms with Gasteiger partial charge in [-0.25, -0.2) is 8.42 Å². The van der Waals surface area contributed by atoms with Crippen molar-refractivity contribution in [1.82, 2.24) is 14.1 Å². The summed E-state index contributed by atoms with van der Waals surface area (Å²) in [5.74, 6) is 0.341. The number of piperazine rings is 1. The second kappa shape index (κ2) is 11.5. The van der Waals surface area contributed by atoms with Crippen molar-refractivity contribution >= 4 is 27.3 Å². The molecule has 1 aromatic heterocycles. The van der Waals surface area contributed by atoms with Crippen molar-refractivity contribution in [2.75, 3.05) is 36.8 Å². The first-order valence-electron chi connectivity index (χ1n) is 13.1. The van der Waals surface area contributed by atoms with Crippen molar-refractivity contribution in [3.05, 3.63) is 81.2 Å². The molecule has 0 spiro atoms. The molecule has 3 aromatic rings. The second-order valence-electron chi connectivity index (χ2n) is 9.96. The lowest BCUT2D eigenvalue weighted by molar-refractivity contribution is 0.205. The summed E-state index contributed by atoms with van der Waals surface area (Å²) in [5, 5.41) is 4.94. The Kier molecular flexibility index (Phi) is 8.07. The Bertz CT molecular complexity index is 1450. The minimum atomic E-state index is -3.41. The number of ether oxygens (including phenoxy) is 1. The maximum Gasteiger partial charge on any atom is 0.316 e. The first-order chi connectivity index (χ1) is 18.3. The molecule has 0 N–H and O–H groups in total. The van der Waals surface area contributed by atoms with Gasteiger partial charge in [0.15, 0.2) is 0 Å². The van der Waals surface area contributed by atoms with E-state index in [9.17, 15) is 13.2 Å². The van der Waals surface area contributed by atoms with Gasteiger partial charge in [-0.1, -0.05) is 41.9 Å². The lowest BCUT2D eigenvalue weighted by atomic mass is 10.1. The average molecular weight is 557 g/mol. The lowest BCUT2D eigenvalue weighted by Gasteiger charge is -2.36. The number of rotatable bonds is 8. The van der Waals surface area contributed by atoms with Crippen LogP contribution in [0.1, 0.15) is 36.8 Å². The lowest BCUT2D eigenvalue weighted by Crippen LogP contribution is -2.50. The van der Waals surface area contributed by atoms with E-state index in [1.54, 1.807) is 34.8 Å². The van der Waals surface area contributed by atoms with E-state index in [0.29, 0.717) is 49.0 Å². The summed E-state index contributed by atoms with van der Waals surface area (Å²) >= 11 is 6.16. The zero-order chi connectivity index (χ0) is 26.7. The number of hydrogen-bond acceptors (Lipinski definition) is 6. The molecule has 1 aliphatic heterocycles. The van der Waals surface area contributed by atoms with Gasteiger partial charge < -0.3 is 9.64 Å². The van der Waals surface area contributed by atoms with Gasteiger partial charge in [-0.2, -0.15) is 14.1 Å². The van der Waals surface area contributed by atoms with Gasteiger partial charge in [0.2, 0.25) is 15.8 Å². The summed E-state index contributed by atoms with van der Waals surface area (Å²) in [5.41, 5.74) is 2.98. The number of benzene rings is 2. The Morgan fingerprint density at radius 1 is 1.03 bits per heavy atom. The number of halogens is 1. The van der Waals surface area contributed by atoms with Crippen LogP contribution in [-0.2, 0) is 16.4 Å². The van der Waals surface area contributed by atoms with E-state index in [2.05, 4.69) is 5.10 Å². The SMILES string of the molecule is Cc1ccccc1CCS(=O)(=O)N1CCN(c2cnn(-c3cccc(Cl)c3)c(=O)c2OC2CCCC2)CC1. The highest BCUT2D eigenvalue weighted by Gasteiger charge is 2.30. The summed E-state index contributed by atoms with van der Waals surface area (Å²) < 4.78 is 35.4. The Balaban J connectivity index is 1.34. The average Bonchev–Trinajstić information content (AvgIpc) is 3.43. The predicted octanol–water partition coefficient (Wildman–Crippen LogP) is 4.21. The highest BCUT2D eigenvalue weighted by molar-refractivity contribution is 7.89. The quantitative estimate of drug-likeness (QED) is 0.413. The summed E-state index contributed by atoms with van der Waals surface area (Å²) in [6.07, 6.45) is 6.09. The zero-order valence-corrected chi connectivity index (χ0v) is 23.1. The molecule has 0 bridgehead atoms. The molecule has 1 aliphatic carbocycles.